The summed E-state index contributed by atoms with van der Waals surface area (Å²) < 4.78 is 3.82. The molecule has 4 nitrogen and oxygen atoms in total. The molecule has 2 heterocycles. The molecule has 0 unspecified atom stereocenters. The van der Waals surface area contributed by atoms with Gasteiger partial charge in [0.25, 0.3) is 5.56 Å². The lowest BCUT2D eigenvalue weighted by Gasteiger charge is -2.08. The first-order valence-corrected chi connectivity index (χ1v) is 9.33. The molecule has 5 aromatic rings. The highest BCUT2D eigenvalue weighted by Crippen LogP contribution is 2.23. The van der Waals surface area contributed by atoms with Gasteiger partial charge in [0.15, 0.2) is 0 Å². The van der Waals surface area contributed by atoms with Crippen LogP contribution in [0.4, 0.5) is 0 Å². The zero-order chi connectivity index (χ0) is 19.1. The van der Waals surface area contributed by atoms with Crippen molar-refractivity contribution < 1.29 is 0 Å². The van der Waals surface area contributed by atoms with Crippen LogP contribution in [0.1, 0.15) is 11.1 Å². The summed E-state index contributed by atoms with van der Waals surface area (Å²) in [6.07, 6.45) is 0. The van der Waals surface area contributed by atoms with Crippen molar-refractivity contribution >= 4 is 16.8 Å². The van der Waals surface area contributed by atoms with Crippen LogP contribution in [0.2, 0.25) is 0 Å². The monoisotopic (exact) mass is 365 g/mol. The molecule has 2 aromatic heterocycles. The maximum absolute atomic E-state index is 13.0. The Morgan fingerprint density at radius 2 is 1.50 bits per heavy atom. The van der Waals surface area contributed by atoms with E-state index in [9.17, 15) is 4.79 Å². The number of aromatic nitrogens is 3. The Balaban J connectivity index is 1.79. The van der Waals surface area contributed by atoms with E-state index in [1.165, 1.54) is 11.1 Å². The second kappa shape index (κ2) is 6.50. The number of hydrogen-bond acceptors (Lipinski definition) is 2. The van der Waals surface area contributed by atoms with Crippen LogP contribution in [0, 0.1) is 6.92 Å². The van der Waals surface area contributed by atoms with Gasteiger partial charge in [-0.05, 0) is 24.6 Å². The third-order valence-electron chi connectivity index (χ3n) is 5.09. The number of hydrogen-bond donors (Lipinski definition) is 0. The summed E-state index contributed by atoms with van der Waals surface area (Å²) in [5.74, 6) is 0.660. The fourth-order valence-corrected chi connectivity index (χ4v) is 3.66. The van der Waals surface area contributed by atoms with Gasteiger partial charge in [-0.2, -0.15) is 0 Å². The largest absolute Gasteiger partial charge is 0.305 e. The lowest BCUT2D eigenvalue weighted by molar-refractivity contribution is 0.834. The Hall–Kier alpha value is -3.66. The van der Waals surface area contributed by atoms with E-state index in [4.69, 9.17) is 4.98 Å². The van der Waals surface area contributed by atoms with E-state index in [-0.39, 0.29) is 5.56 Å². The van der Waals surface area contributed by atoms with E-state index in [0.717, 1.165) is 16.6 Å². The quantitative estimate of drug-likeness (QED) is 0.466. The third kappa shape index (κ3) is 2.70. The van der Waals surface area contributed by atoms with Crippen LogP contribution in [-0.4, -0.2) is 14.0 Å². The van der Waals surface area contributed by atoms with Crippen LogP contribution in [-0.2, 0) is 6.54 Å². The Morgan fingerprint density at radius 1 is 0.821 bits per heavy atom. The van der Waals surface area contributed by atoms with E-state index in [0.29, 0.717) is 18.0 Å². The molecule has 28 heavy (non-hydrogen) atoms. The minimum Gasteiger partial charge on any atom is -0.305 e. The van der Waals surface area contributed by atoms with Gasteiger partial charge in [-0.25, -0.2) is 9.38 Å². The van der Waals surface area contributed by atoms with Crippen molar-refractivity contribution in [1.82, 2.24) is 14.0 Å². The van der Waals surface area contributed by atoms with Crippen molar-refractivity contribution in [1.29, 1.82) is 0 Å². The fraction of sp³-hybridized carbons (Fsp3) is 0.0833. The van der Waals surface area contributed by atoms with Crippen molar-refractivity contribution in [2.24, 2.45) is 0 Å². The van der Waals surface area contributed by atoms with Gasteiger partial charge in [-0.1, -0.05) is 72.3 Å². The second-order valence-electron chi connectivity index (χ2n) is 7.04. The van der Waals surface area contributed by atoms with Crippen molar-refractivity contribution in [3.05, 3.63) is 106 Å². The Labute approximate surface area is 162 Å². The number of rotatable bonds is 3. The Bertz CT molecular complexity index is 1350. The highest BCUT2D eigenvalue weighted by molar-refractivity contribution is 5.81. The summed E-state index contributed by atoms with van der Waals surface area (Å²) in [6, 6.07) is 27.9. The van der Waals surface area contributed by atoms with E-state index in [1.807, 2.05) is 54.6 Å². The molecule has 0 atom stereocenters. The number of fused-ring (bicyclic) bond motifs is 3. The zero-order valence-electron chi connectivity index (χ0n) is 15.5. The van der Waals surface area contributed by atoms with Crippen molar-refractivity contribution in [2.75, 3.05) is 0 Å². The molecule has 0 aliphatic rings. The first kappa shape index (κ1) is 16.5. The summed E-state index contributed by atoms with van der Waals surface area (Å²) in [5.41, 5.74) is 5.84. The number of benzene rings is 3. The fourth-order valence-electron chi connectivity index (χ4n) is 3.66. The van der Waals surface area contributed by atoms with Crippen molar-refractivity contribution in [3.63, 3.8) is 0 Å². The lowest BCUT2D eigenvalue weighted by atomic mass is 10.1. The van der Waals surface area contributed by atoms with Gasteiger partial charge >= 0.3 is 0 Å². The summed E-state index contributed by atoms with van der Waals surface area (Å²) in [4.78, 5) is 17.9. The van der Waals surface area contributed by atoms with Crippen LogP contribution in [0.3, 0.4) is 0 Å². The molecule has 0 N–H and O–H groups in total. The number of aryl methyl sites for hydroxylation is 1. The molecule has 136 valence electrons. The van der Waals surface area contributed by atoms with Crippen LogP contribution in [0.25, 0.3) is 28.1 Å². The molecule has 3 aromatic carbocycles. The highest BCUT2D eigenvalue weighted by atomic mass is 16.1. The summed E-state index contributed by atoms with van der Waals surface area (Å²) >= 11 is 0. The minimum absolute atomic E-state index is 0.0669. The molecule has 0 aliphatic carbocycles. The molecule has 0 amide bonds. The summed E-state index contributed by atoms with van der Waals surface area (Å²) in [6.45, 7) is 2.74. The van der Waals surface area contributed by atoms with Gasteiger partial charge in [0.2, 0.25) is 5.78 Å². The molecule has 0 saturated heterocycles. The normalized spacial score (nSPS) is 11.3. The maximum Gasteiger partial charge on any atom is 0.260 e. The molecule has 4 heteroatoms. The first-order chi connectivity index (χ1) is 13.7. The molecule has 0 spiro atoms. The molecular weight excluding hydrogens is 346 g/mol. The predicted octanol–water partition coefficient (Wildman–Crippen LogP) is 4.67. The van der Waals surface area contributed by atoms with Gasteiger partial charge in [-0.15, -0.1) is 0 Å². The smallest absolute Gasteiger partial charge is 0.260 e. The van der Waals surface area contributed by atoms with Crippen molar-refractivity contribution in [3.8, 4) is 11.3 Å². The van der Waals surface area contributed by atoms with Gasteiger partial charge in [-0.3, -0.25) is 4.79 Å². The van der Waals surface area contributed by atoms with Crippen LogP contribution in [0.15, 0.2) is 89.7 Å². The average molecular weight is 365 g/mol. The van der Waals surface area contributed by atoms with Gasteiger partial charge in [0.1, 0.15) is 0 Å². The van der Waals surface area contributed by atoms with Gasteiger partial charge in [0, 0.05) is 11.6 Å². The number of imidazole rings is 1. The minimum atomic E-state index is -0.0669. The standard InChI is InChI=1S/C24H19N3O/c1-17-11-13-18(14-12-17)16-26-21-9-5-6-10-22(21)27-23(28)15-20(25-24(26)27)19-7-3-2-4-8-19/h2-15H,16H2,1H3. The molecule has 0 saturated carbocycles. The highest BCUT2D eigenvalue weighted by Gasteiger charge is 2.15. The SMILES string of the molecule is Cc1ccc(Cn2c3ccccc3n3c(=O)cc(-c4ccccc4)nc23)cc1. The third-order valence-corrected chi connectivity index (χ3v) is 5.09. The Morgan fingerprint density at radius 3 is 2.25 bits per heavy atom. The molecule has 0 fully saturated rings. The molecule has 0 aliphatic heterocycles. The molecular formula is C24H19N3O. The van der Waals surface area contributed by atoms with E-state index < -0.39 is 0 Å². The summed E-state index contributed by atoms with van der Waals surface area (Å²) in [5, 5.41) is 0. The van der Waals surface area contributed by atoms with Crippen LogP contribution in [0.5, 0.6) is 0 Å². The first-order valence-electron chi connectivity index (χ1n) is 9.33. The molecule has 0 bridgehead atoms. The molecule has 0 radical (unpaired) electrons. The van der Waals surface area contributed by atoms with E-state index in [2.05, 4.69) is 35.8 Å². The topological polar surface area (TPSA) is 39.3 Å². The number of nitrogens with zero attached hydrogens (tertiary/aromatic N) is 3. The van der Waals surface area contributed by atoms with E-state index in [1.54, 1.807) is 10.5 Å². The zero-order valence-corrected chi connectivity index (χ0v) is 15.5. The maximum atomic E-state index is 13.0. The van der Waals surface area contributed by atoms with Gasteiger partial charge < -0.3 is 4.57 Å². The molecule has 5 rings (SSSR count). The predicted molar refractivity (Wildman–Crippen MR) is 113 cm³/mol. The number of para-hydroxylation sites is 2. The van der Waals surface area contributed by atoms with Crippen LogP contribution < -0.4 is 5.56 Å². The second-order valence-corrected chi connectivity index (χ2v) is 7.04. The van der Waals surface area contributed by atoms with E-state index >= 15 is 0 Å². The average Bonchev–Trinajstić information content (AvgIpc) is 3.04. The van der Waals surface area contributed by atoms with Gasteiger partial charge in [0.05, 0.1) is 23.3 Å². The van der Waals surface area contributed by atoms with Crippen LogP contribution >= 0.6 is 0 Å². The van der Waals surface area contributed by atoms with Crippen molar-refractivity contribution in [2.45, 2.75) is 13.5 Å². The lowest BCUT2D eigenvalue weighted by Crippen LogP contribution is -2.14. The summed E-state index contributed by atoms with van der Waals surface area (Å²) in [7, 11) is 0. The Kier molecular flexibility index (Phi) is 3.83.